The fourth-order valence-corrected chi connectivity index (χ4v) is 1.49. The smallest absolute Gasteiger partial charge is 0.144 e. The Morgan fingerprint density at radius 2 is 2.07 bits per heavy atom. The highest BCUT2D eigenvalue weighted by molar-refractivity contribution is 5.89. The predicted molar refractivity (Wildman–Crippen MR) is 53.0 cm³/mol. The number of hydrogen-bond acceptors (Lipinski definition) is 2. The Labute approximate surface area is 81.3 Å². The van der Waals surface area contributed by atoms with Crippen LogP contribution in [0.15, 0.2) is 24.4 Å². The molecule has 0 fully saturated rings. The Morgan fingerprint density at radius 1 is 1.29 bits per heavy atom. The molecule has 0 unspecified atom stereocenters. The van der Waals surface area contributed by atoms with Gasteiger partial charge >= 0.3 is 0 Å². The highest BCUT2D eigenvalue weighted by Crippen LogP contribution is 2.26. The number of hydrogen-bond donors (Lipinski definition) is 0. The summed E-state index contributed by atoms with van der Waals surface area (Å²) in [5.41, 5.74) is 0.806. The van der Waals surface area contributed by atoms with Crippen molar-refractivity contribution >= 4 is 10.8 Å². The maximum atomic E-state index is 13.0. The lowest BCUT2D eigenvalue weighted by Gasteiger charge is -2.06. The molecule has 0 aliphatic carbocycles. The van der Waals surface area contributed by atoms with Crippen LogP contribution in [0.2, 0.25) is 0 Å². The number of pyridine rings is 1. The standard InChI is InChI=1S/C11H10FNO/c1-7-10-5-8(12)3-4-9(10)11(14-2)6-13-7/h3-6H,1-2H3. The molecule has 0 bridgehead atoms. The van der Waals surface area contributed by atoms with E-state index in [9.17, 15) is 4.39 Å². The highest BCUT2D eigenvalue weighted by Gasteiger charge is 2.05. The molecule has 0 aliphatic heterocycles. The van der Waals surface area contributed by atoms with Crippen LogP contribution < -0.4 is 4.74 Å². The summed E-state index contributed by atoms with van der Waals surface area (Å²) in [6.07, 6.45) is 1.65. The van der Waals surface area contributed by atoms with Crippen LogP contribution in [0.1, 0.15) is 5.69 Å². The molecule has 0 saturated carbocycles. The number of ether oxygens (including phenoxy) is 1. The fourth-order valence-electron chi connectivity index (χ4n) is 1.49. The Hall–Kier alpha value is -1.64. The number of rotatable bonds is 1. The topological polar surface area (TPSA) is 22.1 Å². The summed E-state index contributed by atoms with van der Waals surface area (Å²) < 4.78 is 18.1. The first-order valence-corrected chi connectivity index (χ1v) is 4.31. The molecular weight excluding hydrogens is 181 g/mol. The van der Waals surface area contributed by atoms with Crippen molar-refractivity contribution in [2.75, 3.05) is 7.11 Å². The van der Waals surface area contributed by atoms with Gasteiger partial charge in [-0.2, -0.15) is 0 Å². The predicted octanol–water partition coefficient (Wildman–Crippen LogP) is 2.69. The van der Waals surface area contributed by atoms with Crippen molar-refractivity contribution in [2.24, 2.45) is 0 Å². The maximum absolute atomic E-state index is 13.0. The second-order valence-corrected chi connectivity index (χ2v) is 3.10. The Kier molecular flexibility index (Phi) is 2.08. The summed E-state index contributed by atoms with van der Waals surface area (Å²) in [5, 5.41) is 1.69. The molecule has 2 rings (SSSR count). The summed E-state index contributed by atoms with van der Waals surface area (Å²) in [6.45, 7) is 1.85. The van der Waals surface area contributed by atoms with Gasteiger partial charge in [-0.1, -0.05) is 0 Å². The van der Waals surface area contributed by atoms with Gasteiger partial charge in [-0.05, 0) is 25.1 Å². The van der Waals surface area contributed by atoms with Crippen LogP contribution in [-0.2, 0) is 0 Å². The van der Waals surface area contributed by atoms with E-state index in [4.69, 9.17) is 4.74 Å². The fraction of sp³-hybridized carbons (Fsp3) is 0.182. The van der Waals surface area contributed by atoms with Gasteiger partial charge in [-0.3, -0.25) is 4.98 Å². The molecule has 0 amide bonds. The Morgan fingerprint density at radius 3 is 2.79 bits per heavy atom. The van der Waals surface area contributed by atoms with Crippen LogP contribution in [-0.4, -0.2) is 12.1 Å². The van der Waals surface area contributed by atoms with E-state index in [1.807, 2.05) is 6.92 Å². The van der Waals surface area contributed by atoms with E-state index in [2.05, 4.69) is 4.98 Å². The van der Waals surface area contributed by atoms with Gasteiger partial charge in [0.25, 0.3) is 0 Å². The summed E-state index contributed by atoms with van der Waals surface area (Å²) >= 11 is 0. The largest absolute Gasteiger partial charge is 0.494 e. The quantitative estimate of drug-likeness (QED) is 0.691. The number of aryl methyl sites for hydroxylation is 1. The van der Waals surface area contributed by atoms with Crippen LogP contribution in [0.25, 0.3) is 10.8 Å². The van der Waals surface area contributed by atoms with E-state index < -0.39 is 0 Å². The molecule has 1 heterocycles. The third-order valence-corrected chi connectivity index (χ3v) is 2.23. The third-order valence-electron chi connectivity index (χ3n) is 2.23. The van der Waals surface area contributed by atoms with Gasteiger partial charge in [0.05, 0.1) is 13.3 Å². The highest BCUT2D eigenvalue weighted by atomic mass is 19.1. The molecule has 1 aromatic heterocycles. The van der Waals surface area contributed by atoms with Crippen molar-refractivity contribution in [3.8, 4) is 5.75 Å². The van der Waals surface area contributed by atoms with Gasteiger partial charge in [0.2, 0.25) is 0 Å². The van der Waals surface area contributed by atoms with Crippen molar-refractivity contribution in [1.82, 2.24) is 4.98 Å². The van der Waals surface area contributed by atoms with Crippen LogP contribution in [0, 0.1) is 12.7 Å². The molecule has 1 aromatic carbocycles. The lowest BCUT2D eigenvalue weighted by Crippen LogP contribution is -1.90. The van der Waals surface area contributed by atoms with E-state index in [0.29, 0.717) is 5.75 Å². The monoisotopic (exact) mass is 191 g/mol. The van der Waals surface area contributed by atoms with Gasteiger partial charge in [-0.25, -0.2) is 4.39 Å². The lowest BCUT2D eigenvalue weighted by atomic mass is 10.1. The molecule has 14 heavy (non-hydrogen) atoms. The number of methoxy groups -OCH3 is 1. The minimum atomic E-state index is -0.254. The molecular formula is C11H10FNO. The Balaban J connectivity index is 2.84. The number of aromatic nitrogens is 1. The van der Waals surface area contributed by atoms with Crippen LogP contribution in [0.3, 0.4) is 0 Å². The molecule has 0 atom stereocenters. The SMILES string of the molecule is COc1cnc(C)c2cc(F)ccc12. The molecule has 3 heteroatoms. The average Bonchev–Trinajstić information content (AvgIpc) is 2.19. The second kappa shape index (κ2) is 3.25. The van der Waals surface area contributed by atoms with Crippen molar-refractivity contribution in [1.29, 1.82) is 0 Å². The first-order chi connectivity index (χ1) is 6.72. The molecule has 0 aliphatic rings. The van der Waals surface area contributed by atoms with E-state index >= 15 is 0 Å². The van der Waals surface area contributed by atoms with Crippen molar-refractivity contribution in [3.05, 3.63) is 35.9 Å². The minimum absolute atomic E-state index is 0.254. The zero-order valence-corrected chi connectivity index (χ0v) is 8.04. The van der Waals surface area contributed by atoms with E-state index in [1.54, 1.807) is 19.4 Å². The second-order valence-electron chi connectivity index (χ2n) is 3.10. The van der Waals surface area contributed by atoms with E-state index in [0.717, 1.165) is 16.5 Å². The number of fused-ring (bicyclic) bond motifs is 1. The molecule has 2 nitrogen and oxygen atoms in total. The molecule has 0 radical (unpaired) electrons. The maximum Gasteiger partial charge on any atom is 0.144 e. The first kappa shape index (κ1) is 8.94. The Bertz CT molecular complexity index is 482. The number of halogens is 1. The molecule has 72 valence electrons. The third kappa shape index (κ3) is 1.31. The molecule has 0 N–H and O–H groups in total. The average molecular weight is 191 g/mol. The zero-order valence-electron chi connectivity index (χ0n) is 8.04. The van der Waals surface area contributed by atoms with Crippen LogP contribution in [0.5, 0.6) is 5.75 Å². The van der Waals surface area contributed by atoms with Crippen LogP contribution in [0.4, 0.5) is 4.39 Å². The molecule has 0 spiro atoms. The normalized spacial score (nSPS) is 10.5. The van der Waals surface area contributed by atoms with E-state index in [1.165, 1.54) is 12.1 Å². The lowest BCUT2D eigenvalue weighted by molar-refractivity contribution is 0.418. The number of benzene rings is 1. The van der Waals surface area contributed by atoms with Gasteiger partial charge in [0, 0.05) is 16.5 Å². The summed E-state index contributed by atoms with van der Waals surface area (Å²) in [6, 6.07) is 4.60. The van der Waals surface area contributed by atoms with Gasteiger partial charge in [-0.15, -0.1) is 0 Å². The zero-order chi connectivity index (χ0) is 10.1. The summed E-state index contributed by atoms with van der Waals surface area (Å²) in [4.78, 5) is 4.13. The molecule has 0 saturated heterocycles. The van der Waals surface area contributed by atoms with E-state index in [-0.39, 0.29) is 5.82 Å². The molecule has 2 aromatic rings. The van der Waals surface area contributed by atoms with Gasteiger partial charge < -0.3 is 4.74 Å². The minimum Gasteiger partial charge on any atom is -0.494 e. The van der Waals surface area contributed by atoms with Crippen molar-refractivity contribution in [2.45, 2.75) is 6.92 Å². The summed E-state index contributed by atoms with van der Waals surface area (Å²) in [7, 11) is 1.58. The van der Waals surface area contributed by atoms with Crippen molar-refractivity contribution in [3.63, 3.8) is 0 Å². The van der Waals surface area contributed by atoms with Gasteiger partial charge in [0.15, 0.2) is 0 Å². The van der Waals surface area contributed by atoms with Crippen molar-refractivity contribution < 1.29 is 9.13 Å². The van der Waals surface area contributed by atoms with Gasteiger partial charge in [0.1, 0.15) is 11.6 Å². The number of nitrogens with zero attached hydrogens (tertiary/aromatic N) is 1. The summed E-state index contributed by atoms with van der Waals surface area (Å²) in [5.74, 6) is 0.418. The van der Waals surface area contributed by atoms with Crippen LogP contribution >= 0.6 is 0 Å². The first-order valence-electron chi connectivity index (χ1n) is 4.31.